The summed E-state index contributed by atoms with van der Waals surface area (Å²) in [7, 11) is 0. The molecule has 0 rings (SSSR count). The molecule has 0 aromatic rings. The predicted molar refractivity (Wildman–Crippen MR) is 102 cm³/mol. The highest BCUT2D eigenvalue weighted by Gasteiger charge is 2.32. The van der Waals surface area contributed by atoms with E-state index in [0.717, 1.165) is 0 Å². The van der Waals surface area contributed by atoms with Crippen molar-refractivity contribution in [3.05, 3.63) is 0 Å². The number of aliphatic carboxylic acids is 1. The number of nitrogens with one attached hydrogen (secondary N) is 3. The molecule has 166 valence electrons. The van der Waals surface area contributed by atoms with Gasteiger partial charge in [0.25, 0.3) is 0 Å². The summed E-state index contributed by atoms with van der Waals surface area (Å²) in [6.07, 6.45) is -0.662. The molecule has 0 heterocycles. The van der Waals surface area contributed by atoms with Crippen molar-refractivity contribution in [2.24, 2.45) is 23.3 Å². The number of carbonyl (C=O) groups is 5. The maximum Gasteiger partial charge on any atom is 0.326 e. The monoisotopic (exact) mass is 417 g/mol. The van der Waals surface area contributed by atoms with Gasteiger partial charge in [0.05, 0.1) is 19.1 Å². The van der Waals surface area contributed by atoms with E-state index in [2.05, 4.69) is 10.6 Å². The predicted octanol–water partition coefficient (Wildman–Crippen LogP) is -2.97. The zero-order valence-electron chi connectivity index (χ0n) is 17.0. The van der Waals surface area contributed by atoms with Crippen molar-refractivity contribution in [1.29, 1.82) is 0 Å². The lowest BCUT2D eigenvalue weighted by molar-refractivity contribution is -0.144. The average molecular weight is 417 g/mol. The quantitative estimate of drug-likeness (QED) is 0.174. The molecule has 4 unspecified atom stereocenters. The molecule has 0 aromatic heterocycles. The molecule has 0 aliphatic rings. The van der Waals surface area contributed by atoms with Crippen molar-refractivity contribution < 1.29 is 34.2 Å². The average Bonchev–Trinajstić information content (AvgIpc) is 2.61. The van der Waals surface area contributed by atoms with Crippen LogP contribution in [0, 0.1) is 11.8 Å². The van der Waals surface area contributed by atoms with Crippen molar-refractivity contribution in [2.75, 3.05) is 6.61 Å². The topological polar surface area (TPSA) is 214 Å². The highest BCUT2D eigenvalue weighted by atomic mass is 16.4. The highest BCUT2D eigenvalue weighted by molar-refractivity contribution is 5.95. The number of hydrogen-bond acceptors (Lipinski definition) is 7. The van der Waals surface area contributed by atoms with Crippen LogP contribution in [0.5, 0.6) is 0 Å². The van der Waals surface area contributed by atoms with E-state index < -0.39 is 66.8 Å². The van der Waals surface area contributed by atoms with Crippen LogP contribution in [-0.4, -0.2) is 70.6 Å². The summed E-state index contributed by atoms with van der Waals surface area (Å²) in [4.78, 5) is 58.9. The summed E-state index contributed by atoms with van der Waals surface area (Å²) < 4.78 is 0. The van der Waals surface area contributed by atoms with Crippen LogP contribution in [0.15, 0.2) is 0 Å². The van der Waals surface area contributed by atoms with Crippen LogP contribution < -0.4 is 27.4 Å². The van der Waals surface area contributed by atoms with Crippen molar-refractivity contribution in [3.8, 4) is 0 Å². The van der Waals surface area contributed by atoms with Gasteiger partial charge in [-0.1, -0.05) is 27.7 Å². The maximum absolute atomic E-state index is 12.5. The van der Waals surface area contributed by atoms with Crippen molar-refractivity contribution in [2.45, 2.75) is 58.3 Å². The summed E-state index contributed by atoms with van der Waals surface area (Å²) in [6.45, 7) is 5.96. The molecule has 0 fully saturated rings. The number of rotatable bonds is 12. The Balaban J connectivity index is 5.20. The molecule has 9 N–H and O–H groups in total. The van der Waals surface area contributed by atoms with Crippen LogP contribution >= 0.6 is 0 Å². The van der Waals surface area contributed by atoms with E-state index in [1.165, 1.54) is 0 Å². The number of aliphatic hydroxyl groups is 1. The highest BCUT2D eigenvalue weighted by Crippen LogP contribution is 2.06. The lowest BCUT2D eigenvalue weighted by Crippen LogP contribution is -2.59. The lowest BCUT2D eigenvalue weighted by Gasteiger charge is -2.26. The van der Waals surface area contributed by atoms with E-state index >= 15 is 0 Å². The number of carboxylic acid groups (broad SMARTS) is 1. The van der Waals surface area contributed by atoms with E-state index in [4.69, 9.17) is 16.6 Å². The SMILES string of the molecule is CC(C)C(N)C(=O)NC(C(=O)NC(CO)C(=O)NC(CC(N)=O)C(=O)O)C(C)C. The molecule has 29 heavy (non-hydrogen) atoms. The summed E-state index contributed by atoms with van der Waals surface area (Å²) in [5, 5.41) is 25.2. The van der Waals surface area contributed by atoms with E-state index in [-0.39, 0.29) is 11.8 Å². The van der Waals surface area contributed by atoms with E-state index in [1.807, 2.05) is 5.32 Å². The Bertz CT molecular complexity index is 623. The third-order valence-electron chi connectivity index (χ3n) is 4.10. The van der Waals surface area contributed by atoms with Gasteiger partial charge in [0, 0.05) is 0 Å². The number of carbonyl (C=O) groups excluding carboxylic acids is 4. The minimum atomic E-state index is -1.62. The third kappa shape index (κ3) is 8.87. The number of amides is 4. The molecule has 4 amide bonds. The standard InChI is InChI=1S/C17H31N5O7/c1-7(2)12(19)15(26)22-13(8(3)4)16(27)21-10(6-23)14(25)20-9(17(28)29)5-11(18)24/h7-10,12-13,23H,5-6,19H2,1-4H3,(H2,18,24)(H,20,25)(H,21,27)(H,22,26)(H,28,29). The second-order valence-electron chi connectivity index (χ2n) is 7.31. The molecule has 12 heteroatoms. The van der Waals surface area contributed by atoms with Gasteiger partial charge in [-0.15, -0.1) is 0 Å². The summed E-state index contributed by atoms with van der Waals surface area (Å²) in [6, 6.07) is -5.01. The third-order valence-corrected chi connectivity index (χ3v) is 4.10. The van der Waals surface area contributed by atoms with Crippen LogP contribution in [-0.2, 0) is 24.0 Å². The Morgan fingerprint density at radius 2 is 1.34 bits per heavy atom. The summed E-state index contributed by atoms with van der Waals surface area (Å²) in [5.74, 6) is -5.34. The van der Waals surface area contributed by atoms with Crippen LogP contribution in [0.1, 0.15) is 34.1 Å². The minimum Gasteiger partial charge on any atom is -0.480 e. The van der Waals surface area contributed by atoms with Crippen molar-refractivity contribution in [3.63, 3.8) is 0 Å². The first-order valence-corrected chi connectivity index (χ1v) is 9.10. The number of carboxylic acids is 1. The fourth-order valence-corrected chi connectivity index (χ4v) is 2.22. The molecular weight excluding hydrogens is 386 g/mol. The summed E-state index contributed by atoms with van der Waals surface area (Å²) >= 11 is 0. The smallest absolute Gasteiger partial charge is 0.326 e. The van der Waals surface area contributed by atoms with Crippen molar-refractivity contribution >= 4 is 29.6 Å². The Hall–Kier alpha value is -2.73. The first-order chi connectivity index (χ1) is 13.3. The van der Waals surface area contributed by atoms with Gasteiger partial charge < -0.3 is 37.6 Å². The second-order valence-corrected chi connectivity index (χ2v) is 7.31. The zero-order chi connectivity index (χ0) is 22.9. The van der Waals surface area contributed by atoms with Gasteiger partial charge in [-0.2, -0.15) is 0 Å². The molecule has 0 aliphatic heterocycles. The molecule has 0 aromatic carbocycles. The number of nitrogens with two attached hydrogens (primary N) is 2. The van der Waals surface area contributed by atoms with E-state index in [1.54, 1.807) is 27.7 Å². The molecule has 0 spiro atoms. The lowest BCUT2D eigenvalue weighted by atomic mass is 10.00. The van der Waals surface area contributed by atoms with Gasteiger partial charge in [0.1, 0.15) is 18.1 Å². The Morgan fingerprint density at radius 1 is 0.828 bits per heavy atom. The second kappa shape index (κ2) is 12.0. The first kappa shape index (κ1) is 26.3. The van der Waals surface area contributed by atoms with Crippen LogP contribution in [0.2, 0.25) is 0 Å². The number of primary amides is 1. The zero-order valence-corrected chi connectivity index (χ0v) is 17.0. The van der Waals surface area contributed by atoms with Gasteiger partial charge in [0.15, 0.2) is 0 Å². The van der Waals surface area contributed by atoms with Gasteiger partial charge in [-0.3, -0.25) is 19.2 Å². The maximum atomic E-state index is 12.5. The molecule has 0 bridgehead atoms. The fourth-order valence-electron chi connectivity index (χ4n) is 2.22. The minimum absolute atomic E-state index is 0.167. The Labute approximate surface area is 168 Å². The Kier molecular flexibility index (Phi) is 10.8. The molecule has 4 atom stereocenters. The molecule has 0 radical (unpaired) electrons. The normalized spacial score (nSPS) is 15.2. The van der Waals surface area contributed by atoms with Gasteiger partial charge in [0.2, 0.25) is 23.6 Å². The molecule has 0 saturated carbocycles. The largest absolute Gasteiger partial charge is 0.480 e. The van der Waals surface area contributed by atoms with Gasteiger partial charge in [-0.05, 0) is 11.8 Å². The van der Waals surface area contributed by atoms with Crippen LogP contribution in [0.25, 0.3) is 0 Å². The molecular formula is C17H31N5O7. The van der Waals surface area contributed by atoms with E-state index in [0.29, 0.717) is 0 Å². The fraction of sp³-hybridized carbons (Fsp3) is 0.706. The van der Waals surface area contributed by atoms with Gasteiger partial charge >= 0.3 is 5.97 Å². The van der Waals surface area contributed by atoms with Crippen LogP contribution in [0.4, 0.5) is 0 Å². The van der Waals surface area contributed by atoms with Crippen LogP contribution in [0.3, 0.4) is 0 Å². The Morgan fingerprint density at radius 3 is 1.72 bits per heavy atom. The van der Waals surface area contributed by atoms with Crippen molar-refractivity contribution in [1.82, 2.24) is 16.0 Å². The number of hydrogen-bond donors (Lipinski definition) is 7. The first-order valence-electron chi connectivity index (χ1n) is 9.10. The van der Waals surface area contributed by atoms with E-state index in [9.17, 15) is 29.1 Å². The molecule has 12 nitrogen and oxygen atoms in total. The summed E-state index contributed by atoms with van der Waals surface area (Å²) in [5.41, 5.74) is 10.7. The molecule has 0 saturated heterocycles. The van der Waals surface area contributed by atoms with Gasteiger partial charge in [-0.25, -0.2) is 4.79 Å². The number of aliphatic hydroxyl groups excluding tert-OH is 1. The molecule has 0 aliphatic carbocycles.